The van der Waals surface area contributed by atoms with Crippen LogP contribution in [0.3, 0.4) is 0 Å². The van der Waals surface area contributed by atoms with Crippen LogP contribution in [0.2, 0.25) is 0 Å². The second kappa shape index (κ2) is 5.51. The molecule has 1 aromatic carbocycles. The maximum absolute atomic E-state index is 6.17. The van der Waals surface area contributed by atoms with Gasteiger partial charge in [0.25, 0.3) is 0 Å². The molecule has 0 spiro atoms. The highest BCUT2D eigenvalue weighted by Crippen LogP contribution is 2.48. The van der Waals surface area contributed by atoms with Gasteiger partial charge in [0.05, 0.1) is 24.2 Å². The normalized spacial score (nSPS) is 21.3. The standard InChI is InChI=1S/C16H21BrN4O/c17-12-1-2-13-14(9-12)21(15(18)19-13)11-16(3-4-16)10-20-5-7-22-8-6-20/h1-2,9H,3-8,10-11H2,(H2,18,19). The van der Waals surface area contributed by atoms with E-state index >= 15 is 0 Å². The number of imidazole rings is 1. The van der Waals surface area contributed by atoms with Crippen molar-refractivity contribution in [1.29, 1.82) is 0 Å². The van der Waals surface area contributed by atoms with E-state index in [9.17, 15) is 0 Å². The highest BCUT2D eigenvalue weighted by molar-refractivity contribution is 9.10. The van der Waals surface area contributed by atoms with Crippen molar-refractivity contribution in [2.75, 3.05) is 38.6 Å². The fourth-order valence-electron chi connectivity index (χ4n) is 3.39. The van der Waals surface area contributed by atoms with E-state index in [-0.39, 0.29) is 0 Å². The first-order valence-corrected chi connectivity index (χ1v) is 8.66. The molecule has 118 valence electrons. The third-order valence-corrected chi connectivity index (χ3v) is 5.35. The number of aromatic nitrogens is 2. The van der Waals surface area contributed by atoms with Gasteiger partial charge in [0.1, 0.15) is 0 Å². The maximum atomic E-state index is 6.17. The van der Waals surface area contributed by atoms with Crippen molar-refractivity contribution >= 4 is 32.9 Å². The molecule has 0 amide bonds. The van der Waals surface area contributed by atoms with Gasteiger partial charge >= 0.3 is 0 Å². The van der Waals surface area contributed by atoms with Crippen LogP contribution in [-0.2, 0) is 11.3 Å². The lowest BCUT2D eigenvalue weighted by Crippen LogP contribution is -2.40. The minimum absolute atomic E-state index is 0.363. The summed E-state index contributed by atoms with van der Waals surface area (Å²) in [6.07, 6.45) is 2.55. The number of nitrogen functional groups attached to an aromatic ring is 1. The highest BCUT2D eigenvalue weighted by Gasteiger charge is 2.44. The molecule has 0 atom stereocenters. The van der Waals surface area contributed by atoms with E-state index in [1.54, 1.807) is 0 Å². The molecule has 5 nitrogen and oxygen atoms in total. The number of morpholine rings is 1. The zero-order valence-electron chi connectivity index (χ0n) is 12.6. The summed E-state index contributed by atoms with van der Waals surface area (Å²) in [4.78, 5) is 7.03. The minimum atomic E-state index is 0.363. The first kappa shape index (κ1) is 14.5. The summed E-state index contributed by atoms with van der Waals surface area (Å²) < 4.78 is 8.71. The molecule has 0 bridgehead atoms. The largest absolute Gasteiger partial charge is 0.379 e. The maximum Gasteiger partial charge on any atom is 0.201 e. The molecule has 2 N–H and O–H groups in total. The predicted octanol–water partition coefficient (Wildman–Crippen LogP) is 2.49. The Labute approximate surface area is 138 Å². The Hall–Kier alpha value is -1.11. The van der Waals surface area contributed by atoms with E-state index in [2.05, 4.69) is 36.4 Å². The fraction of sp³-hybridized carbons (Fsp3) is 0.562. The molecule has 22 heavy (non-hydrogen) atoms. The second-order valence-corrected chi connectivity index (χ2v) is 7.49. The van der Waals surface area contributed by atoms with Gasteiger partial charge in [0, 0.05) is 36.1 Å². The number of nitrogens with zero attached hydrogens (tertiary/aromatic N) is 3. The number of hydrogen-bond acceptors (Lipinski definition) is 4. The van der Waals surface area contributed by atoms with E-state index in [0.29, 0.717) is 11.4 Å². The summed E-state index contributed by atoms with van der Waals surface area (Å²) in [5.41, 5.74) is 8.64. The molecule has 4 rings (SSSR count). The average molecular weight is 365 g/mol. The van der Waals surface area contributed by atoms with Crippen LogP contribution in [-0.4, -0.2) is 47.3 Å². The minimum Gasteiger partial charge on any atom is -0.379 e. The van der Waals surface area contributed by atoms with Crippen LogP contribution in [0, 0.1) is 5.41 Å². The first-order valence-electron chi connectivity index (χ1n) is 7.87. The Morgan fingerprint density at radius 3 is 2.73 bits per heavy atom. The van der Waals surface area contributed by atoms with E-state index in [4.69, 9.17) is 10.5 Å². The van der Waals surface area contributed by atoms with Gasteiger partial charge < -0.3 is 15.0 Å². The number of hydrogen-bond donors (Lipinski definition) is 1. The number of benzene rings is 1. The van der Waals surface area contributed by atoms with Crippen molar-refractivity contribution in [3.63, 3.8) is 0 Å². The summed E-state index contributed by atoms with van der Waals surface area (Å²) in [5.74, 6) is 0.626. The molecule has 0 radical (unpaired) electrons. The number of fused-ring (bicyclic) bond motifs is 1. The number of nitrogens with two attached hydrogens (primary N) is 1. The summed E-state index contributed by atoms with van der Waals surface area (Å²) in [7, 11) is 0. The van der Waals surface area contributed by atoms with Crippen LogP contribution in [0.4, 0.5) is 5.95 Å². The van der Waals surface area contributed by atoms with Crippen LogP contribution in [0.5, 0.6) is 0 Å². The molecule has 1 aromatic heterocycles. The molecular weight excluding hydrogens is 344 g/mol. The monoisotopic (exact) mass is 364 g/mol. The van der Waals surface area contributed by atoms with Gasteiger partial charge in [-0.15, -0.1) is 0 Å². The highest BCUT2D eigenvalue weighted by atomic mass is 79.9. The lowest BCUT2D eigenvalue weighted by atomic mass is 10.1. The Morgan fingerprint density at radius 2 is 2.00 bits per heavy atom. The molecule has 1 aliphatic carbocycles. The van der Waals surface area contributed by atoms with Crippen LogP contribution in [0.15, 0.2) is 22.7 Å². The van der Waals surface area contributed by atoms with Crippen LogP contribution < -0.4 is 5.73 Å². The topological polar surface area (TPSA) is 56.3 Å². The van der Waals surface area contributed by atoms with Gasteiger partial charge in [-0.25, -0.2) is 4.98 Å². The SMILES string of the molecule is Nc1nc2ccc(Br)cc2n1CC1(CN2CCOCC2)CC1. The van der Waals surface area contributed by atoms with Crippen LogP contribution >= 0.6 is 15.9 Å². The quantitative estimate of drug-likeness (QED) is 0.905. The molecule has 0 unspecified atom stereocenters. The third kappa shape index (κ3) is 2.75. The van der Waals surface area contributed by atoms with Gasteiger partial charge in [-0.1, -0.05) is 15.9 Å². The molecule has 1 saturated carbocycles. The van der Waals surface area contributed by atoms with Gasteiger partial charge in [0.2, 0.25) is 5.95 Å². The van der Waals surface area contributed by atoms with E-state index in [1.165, 1.54) is 12.8 Å². The number of halogens is 1. The van der Waals surface area contributed by atoms with Gasteiger partial charge in [0.15, 0.2) is 0 Å². The van der Waals surface area contributed by atoms with E-state index in [0.717, 1.165) is 54.9 Å². The smallest absolute Gasteiger partial charge is 0.201 e. The van der Waals surface area contributed by atoms with Crippen LogP contribution in [0.25, 0.3) is 11.0 Å². The summed E-state index contributed by atoms with van der Waals surface area (Å²) in [6, 6.07) is 6.15. The van der Waals surface area contributed by atoms with Crippen molar-refractivity contribution in [2.45, 2.75) is 19.4 Å². The average Bonchev–Trinajstić information content (AvgIpc) is 3.20. The summed E-state index contributed by atoms with van der Waals surface area (Å²) in [5, 5.41) is 0. The zero-order valence-corrected chi connectivity index (χ0v) is 14.2. The number of anilines is 1. The Kier molecular flexibility index (Phi) is 3.63. The van der Waals surface area contributed by atoms with E-state index < -0.39 is 0 Å². The molecular formula is C16H21BrN4O. The predicted molar refractivity (Wildman–Crippen MR) is 90.8 cm³/mol. The van der Waals surface area contributed by atoms with Crippen molar-refractivity contribution in [3.05, 3.63) is 22.7 Å². The molecule has 2 aromatic rings. The molecule has 1 aliphatic heterocycles. The third-order valence-electron chi connectivity index (χ3n) is 4.85. The number of rotatable bonds is 4. The van der Waals surface area contributed by atoms with Gasteiger partial charge in [-0.05, 0) is 31.0 Å². The van der Waals surface area contributed by atoms with E-state index in [1.807, 2.05) is 12.1 Å². The lowest BCUT2D eigenvalue weighted by molar-refractivity contribution is 0.0270. The van der Waals surface area contributed by atoms with Crippen molar-refractivity contribution in [2.24, 2.45) is 5.41 Å². The lowest BCUT2D eigenvalue weighted by Gasteiger charge is -2.31. The zero-order chi connectivity index (χ0) is 15.2. The molecule has 2 heterocycles. The molecule has 2 fully saturated rings. The Morgan fingerprint density at radius 1 is 1.23 bits per heavy atom. The van der Waals surface area contributed by atoms with Crippen molar-refractivity contribution in [1.82, 2.24) is 14.5 Å². The number of ether oxygens (including phenoxy) is 1. The molecule has 1 saturated heterocycles. The second-order valence-electron chi connectivity index (χ2n) is 6.58. The molecule has 6 heteroatoms. The van der Waals surface area contributed by atoms with Gasteiger partial charge in [-0.2, -0.15) is 0 Å². The van der Waals surface area contributed by atoms with Gasteiger partial charge in [-0.3, -0.25) is 4.90 Å². The fourth-order valence-corrected chi connectivity index (χ4v) is 3.74. The molecule has 2 aliphatic rings. The summed E-state index contributed by atoms with van der Waals surface area (Å²) in [6.45, 7) is 5.92. The van der Waals surface area contributed by atoms with Crippen molar-refractivity contribution in [3.8, 4) is 0 Å². The van der Waals surface area contributed by atoms with Crippen LogP contribution in [0.1, 0.15) is 12.8 Å². The Bertz CT molecular complexity index is 689. The summed E-state index contributed by atoms with van der Waals surface area (Å²) >= 11 is 3.55. The van der Waals surface area contributed by atoms with Crippen molar-refractivity contribution < 1.29 is 4.74 Å². The first-order chi connectivity index (χ1) is 10.7. The Balaban J connectivity index is 1.57.